The third kappa shape index (κ3) is 3.34. The van der Waals surface area contributed by atoms with Crippen LogP contribution in [0.3, 0.4) is 0 Å². The van der Waals surface area contributed by atoms with Gasteiger partial charge < -0.3 is 10.2 Å². The van der Waals surface area contributed by atoms with Crippen LogP contribution in [0, 0.1) is 0 Å². The fraction of sp³-hybridized carbons (Fsp3) is 1.00. The van der Waals surface area contributed by atoms with Crippen LogP contribution in [-0.2, 0) is 4.43 Å². The fourth-order valence-corrected chi connectivity index (χ4v) is 1.78. The molecule has 0 heterocycles. The van der Waals surface area contributed by atoms with Crippen molar-refractivity contribution >= 4 is 9.76 Å². The molecule has 0 radical (unpaired) electrons. The molecule has 2 nitrogen and oxygen atoms in total. The molecular formula is C7H19NOSi. The lowest BCUT2D eigenvalue weighted by molar-refractivity contribution is 0.329. The van der Waals surface area contributed by atoms with Gasteiger partial charge in [-0.2, -0.15) is 0 Å². The molecule has 0 spiro atoms. The monoisotopic (exact) mass is 161 g/mol. The molecule has 0 atom stereocenters. The predicted molar refractivity (Wildman–Crippen MR) is 47.7 cm³/mol. The van der Waals surface area contributed by atoms with E-state index in [1.807, 2.05) is 6.92 Å². The lowest BCUT2D eigenvalue weighted by Gasteiger charge is -2.24. The van der Waals surface area contributed by atoms with Gasteiger partial charge in [0.15, 0.2) is 9.76 Å². The Morgan fingerprint density at radius 2 is 1.80 bits per heavy atom. The zero-order valence-corrected chi connectivity index (χ0v) is 8.73. The van der Waals surface area contributed by atoms with E-state index >= 15 is 0 Å². The van der Waals surface area contributed by atoms with Crippen LogP contribution in [-0.4, -0.2) is 21.5 Å². The van der Waals surface area contributed by atoms with Crippen molar-refractivity contribution in [1.82, 2.24) is 0 Å². The molecule has 62 valence electrons. The maximum atomic E-state index is 6.02. The van der Waals surface area contributed by atoms with E-state index in [0.717, 1.165) is 19.4 Å². The molecule has 0 saturated carbocycles. The topological polar surface area (TPSA) is 35.2 Å². The molecule has 3 heteroatoms. The summed E-state index contributed by atoms with van der Waals surface area (Å²) in [5.74, 6) is 0. The number of nitrogens with two attached hydrogens (primary N) is 1. The minimum Gasteiger partial charge on any atom is -0.422 e. The summed E-state index contributed by atoms with van der Waals surface area (Å²) in [5, 5.41) is 0.0516. The molecule has 10 heavy (non-hydrogen) atoms. The smallest absolute Gasteiger partial charge is 0.180 e. The van der Waals surface area contributed by atoms with Gasteiger partial charge in [-0.25, -0.2) is 0 Å². The summed E-state index contributed by atoms with van der Waals surface area (Å²) in [6, 6.07) is 0. The van der Waals surface area contributed by atoms with E-state index in [4.69, 9.17) is 10.2 Å². The Kier molecular flexibility index (Phi) is 4.94. The van der Waals surface area contributed by atoms with Crippen molar-refractivity contribution in [2.75, 3.05) is 6.61 Å². The van der Waals surface area contributed by atoms with Crippen molar-refractivity contribution in [3.05, 3.63) is 0 Å². The van der Waals surface area contributed by atoms with Crippen LogP contribution >= 0.6 is 0 Å². The van der Waals surface area contributed by atoms with Crippen LogP contribution in [0.15, 0.2) is 0 Å². The highest BCUT2D eigenvalue weighted by Crippen LogP contribution is 2.08. The van der Waals surface area contributed by atoms with Crippen molar-refractivity contribution in [2.24, 2.45) is 5.73 Å². The summed E-state index contributed by atoms with van der Waals surface area (Å²) in [5.41, 5.74) is 6.02. The summed E-state index contributed by atoms with van der Waals surface area (Å²) in [4.78, 5) is 0. The molecule has 0 aromatic rings. The quantitative estimate of drug-likeness (QED) is 0.599. The van der Waals surface area contributed by atoms with Gasteiger partial charge in [0.25, 0.3) is 0 Å². The maximum absolute atomic E-state index is 6.02. The van der Waals surface area contributed by atoms with Crippen LogP contribution < -0.4 is 5.73 Å². The Labute approximate surface area is 66.1 Å². The highest BCUT2D eigenvalue weighted by molar-refractivity contribution is 6.32. The molecule has 0 fully saturated rings. The van der Waals surface area contributed by atoms with Gasteiger partial charge in [0, 0.05) is 11.8 Å². The Hall–Kier alpha value is 0.137. The summed E-state index contributed by atoms with van der Waals surface area (Å²) < 4.78 is 5.39. The van der Waals surface area contributed by atoms with E-state index in [1.165, 1.54) is 0 Å². The normalized spacial score (nSPS) is 13.2. The van der Waals surface area contributed by atoms with Gasteiger partial charge in [-0.1, -0.05) is 13.8 Å². The highest BCUT2D eigenvalue weighted by Gasteiger charge is 2.20. The second-order valence-corrected chi connectivity index (χ2v) is 4.81. The van der Waals surface area contributed by atoms with Gasteiger partial charge in [0.05, 0.1) is 0 Å². The SMILES string of the molecule is CCO[SiH2]C(N)(CC)CC. The van der Waals surface area contributed by atoms with E-state index in [-0.39, 0.29) is 5.16 Å². The lowest BCUT2D eigenvalue weighted by Crippen LogP contribution is -2.45. The van der Waals surface area contributed by atoms with E-state index in [0.29, 0.717) is 0 Å². The van der Waals surface area contributed by atoms with Crippen molar-refractivity contribution in [3.63, 3.8) is 0 Å². The maximum Gasteiger partial charge on any atom is 0.180 e. The van der Waals surface area contributed by atoms with E-state index in [9.17, 15) is 0 Å². The molecule has 0 unspecified atom stereocenters. The van der Waals surface area contributed by atoms with Crippen molar-refractivity contribution in [1.29, 1.82) is 0 Å². The summed E-state index contributed by atoms with van der Waals surface area (Å²) in [6.07, 6.45) is 2.10. The van der Waals surface area contributed by atoms with Crippen molar-refractivity contribution in [3.8, 4) is 0 Å². The summed E-state index contributed by atoms with van der Waals surface area (Å²) in [6.45, 7) is 7.12. The molecule has 0 aromatic carbocycles. The first-order valence-corrected chi connectivity index (χ1v) is 5.33. The van der Waals surface area contributed by atoms with Crippen LogP contribution in [0.4, 0.5) is 0 Å². The lowest BCUT2D eigenvalue weighted by atomic mass is 10.2. The summed E-state index contributed by atoms with van der Waals surface area (Å²) >= 11 is 0. The highest BCUT2D eigenvalue weighted by atomic mass is 28.2. The Bertz CT molecular complexity index is 83.7. The van der Waals surface area contributed by atoms with Gasteiger partial charge in [0.1, 0.15) is 0 Å². The molecule has 0 rings (SSSR count). The third-order valence-electron chi connectivity index (χ3n) is 2.00. The van der Waals surface area contributed by atoms with Gasteiger partial charge in [0.2, 0.25) is 0 Å². The van der Waals surface area contributed by atoms with Crippen LogP contribution in [0.25, 0.3) is 0 Å². The molecule has 2 N–H and O–H groups in total. The zero-order chi connectivity index (χ0) is 8.04. The Morgan fingerprint density at radius 3 is 2.10 bits per heavy atom. The second-order valence-electron chi connectivity index (χ2n) is 2.71. The minimum atomic E-state index is -0.493. The average molecular weight is 161 g/mol. The standard InChI is InChI=1S/C7H19NOSi/c1-4-7(8,5-2)10-9-6-3/h4-6,8,10H2,1-3H3. The van der Waals surface area contributed by atoms with Crippen molar-refractivity contribution < 1.29 is 4.43 Å². The molecular weight excluding hydrogens is 142 g/mol. The molecule has 0 bridgehead atoms. The molecule has 0 aliphatic carbocycles. The van der Waals surface area contributed by atoms with Gasteiger partial charge in [-0.3, -0.25) is 0 Å². The molecule has 0 aromatic heterocycles. The predicted octanol–water partition coefficient (Wildman–Crippen LogP) is 0.582. The van der Waals surface area contributed by atoms with Gasteiger partial charge in [-0.05, 0) is 19.8 Å². The van der Waals surface area contributed by atoms with E-state index in [1.54, 1.807) is 0 Å². The van der Waals surface area contributed by atoms with E-state index < -0.39 is 9.76 Å². The van der Waals surface area contributed by atoms with Crippen LogP contribution in [0.1, 0.15) is 33.6 Å². The van der Waals surface area contributed by atoms with Gasteiger partial charge in [-0.15, -0.1) is 0 Å². The van der Waals surface area contributed by atoms with Gasteiger partial charge >= 0.3 is 0 Å². The number of hydrogen-bond donors (Lipinski definition) is 1. The first-order valence-electron chi connectivity index (χ1n) is 4.05. The average Bonchev–Trinajstić information content (AvgIpc) is 2.00. The Morgan fingerprint density at radius 1 is 1.30 bits per heavy atom. The number of hydrogen-bond acceptors (Lipinski definition) is 2. The first kappa shape index (κ1) is 10.1. The molecule has 0 aliphatic heterocycles. The largest absolute Gasteiger partial charge is 0.422 e. The van der Waals surface area contributed by atoms with Crippen molar-refractivity contribution in [2.45, 2.75) is 38.8 Å². The van der Waals surface area contributed by atoms with Crippen LogP contribution in [0.2, 0.25) is 0 Å². The van der Waals surface area contributed by atoms with Crippen LogP contribution in [0.5, 0.6) is 0 Å². The fourth-order valence-electron chi connectivity index (χ4n) is 0.759. The summed E-state index contributed by atoms with van der Waals surface area (Å²) in [7, 11) is -0.493. The Balaban J connectivity index is 3.58. The number of rotatable bonds is 5. The molecule has 0 amide bonds. The third-order valence-corrected chi connectivity index (χ3v) is 4.19. The molecule has 0 aliphatic rings. The first-order chi connectivity index (χ1) is 4.68. The molecule has 0 saturated heterocycles. The van der Waals surface area contributed by atoms with E-state index in [2.05, 4.69) is 13.8 Å². The second kappa shape index (κ2) is 4.88. The minimum absolute atomic E-state index is 0.0516. The zero-order valence-electron chi connectivity index (χ0n) is 7.31.